The maximum Gasteiger partial charge on any atom is 0.147 e. The first-order chi connectivity index (χ1) is 9.99. The summed E-state index contributed by atoms with van der Waals surface area (Å²) in [5.74, 6) is 1.56. The second kappa shape index (κ2) is 7.12. The van der Waals surface area contributed by atoms with Crippen LogP contribution in [0.1, 0.15) is 13.3 Å². The van der Waals surface area contributed by atoms with E-state index in [0.717, 1.165) is 6.42 Å². The average Bonchev–Trinajstić information content (AvgIpc) is 2.42. The van der Waals surface area contributed by atoms with E-state index in [2.05, 4.69) is 0 Å². The van der Waals surface area contributed by atoms with Crippen molar-refractivity contribution in [3.63, 3.8) is 0 Å². The third-order valence-corrected chi connectivity index (χ3v) is 3.60. The lowest BCUT2D eigenvalue weighted by Gasteiger charge is -2.12. The molecule has 2 aromatic rings. The largest absolute Gasteiger partial charge is 0.493 e. The minimum atomic E-state index is 0.363. The standard InChI is InChI=1S/C15H14Cl3NO2/c1-2-3-20-10-4-9(19)5-11(6-10)21-15-8-13(17)12(16)7-14(15)18/h4-8H,2-3,19H2,1H3. The van der Waals surface area contributed by atoms with Gasteiger partial charge in [0.1, 0.15) is 17.2 Å². The fourth-order valence-corrected chi connectivity index (χ4v) is 2.24. The van der Waals surface area contributed by atoms with Crippen molar-refractivity contribution in [1.82, 2.24) is 0 Å². The maximum atomic E-state index is 6.08. The molecule has 0 unspecified atom stereocenters. The Bertz CT molecular complexity index is 647. The van der Waals surface area contributed by atoms with Crippen LogP contribution < -0.4 is 15.2 Å². The molecule has 3 nitrogen and oxygen atoms in total. The van der Waals surface area contributed by atoms with Gasteiger partial charge < -0.3 is 15.2 Å². The Morgan fingerprint density at radius 2 is 1.57 bits per heavy atom. The monoisotopic (exact) mass is 345 g/mol. The average molecular weight is 347 g/mol. The first-order valence-corrected chi connectivity index (χ1v) is 7.48. The van der Waals surface area contributed by atoms with Crippen LogP contribution >= 0.6 is 34.8 Å². The molecule has 0 saturated heterocycles. The predicted octanol–water partition coefficient (Wildman–Crippen LogP) is 5.81. The zero-order valence-corrected chi connectivity index (χ0v) is 13.6. The summed E-state index contributed by atoms with van der Waals surface area (Å²) in [5, 5.41) is 1.10. The molecule has 0 aliphatic heterocycles. The van der Waals surface area contributed by atoms with Crippen molar-refractivity contribution in [2.45, 2.75) is 13.3 Å². The highest BCUT2D eigenvalue weighted by molar-refractivity contribution is 6.43. The molecule has 112 valence electrons. The molecule has 0 bridgehead atoms. The van der Waals surface area contributed by atoms with Crippen molar-refractivity contribution >= 4 is 40.5 Å². The van der Waals surface area contributed by atoms with E-state index in [1.54, 1.807) is 24.3 Å². The lowest BCUT2D eigenvalue weighted by Crippen LogP contribution is -1.97. The van der Waals surface area contributed by atoms with E-state index in [9.17, 15) is 0 Å². The smallest absolute Gasteiger partial charge is 0.147 e. The lowest BCUT2D eigenvalue weighted by molar-refractivity contribution is 0.316. The van der Waals surface area contributed by atoms with Crippen molar-refractivity contribution in [3.8, 4) is 17.2 Å². The van der Waals surface area contributed by atoms with Crippen molar-refractivity contribution in [1.29, 1.82) is 0 Å². The number of nitrogen functional groups attached to an aromatic ring is 1. The van der Waals surface area contributed by atoms with Gasteiger partial charge in [0.2, 0.25) is 0 Å². The second-order valence-corrected chi connectivity index (χ2v) is 5.61. The SMILES string of the molecule is CCCOc1cc(N)cc(Oc2cc(Cl)c(Cl)cc2Cl)c1. The van der Waals surface area contributed by atoms with Crippen molar-refractivity contribution in [2.75, 3.05) is 12.3 Å². The highest BCUT2D eigenvalue weighted by Crippen LogP contribution is 2.37. The molecule has 0 heterocycles. The van der Waals surface area contributed by atoms with Crippen LogP contribution in [0.5, 0.6) is 17.2 Å². The molecule has 0 aliphatic carbocycles. The molecule has 0 aliphatic rings. The summed E-state index contributed by atoms with van der Waals surface area (Å²) in [4.78, 5) is 0. The molecular weight excluding hydrogens is 333 g/mol. The summed E-state index contributed by atoms with van der Waals surface area (Å²) < 4.78 is 11.3. The van der Waals surface area contributed by atoms with E-state index in [4.69, 9.17) is 50.0 Å². The molecular formula is C15H14Cl3NO2. The molecule has 2 N–H and O–H groups in total. The Balaban J connectivity index is 2.27. The van der Waals surface area contributed by atoms with Gasteiger partial charge in [0.15, 0.2) is 0 Å². The van der Waals surface area contributed by atoms with Gasteiger partial charge >= 0.3 is 0 Å². The van der Waals surface area contributed by atoms with Gasteiger partial charge in [-0.3, -0.25) is 0 Å². The van der Waals surface area contributed by atoms with Gasteiger partial charge in [0, 0.05) is 30.0 Å². The molecule has 0 aromatic heterocycles. The molecule has 0 amide bonds. The van der Waals surface area contributed by atoms with E-state index in [-0.39, 0.29) is 0 Å². The summed E-state index contributed by atoms with van der Waals surface area (Å²) in [6.45, 7) is 2.63. The van der Waals surface area contributed by atoms with Crippen LogP contribution in [0.3, 0.4) is 0 Å². The number of benzene rings is 2. The molecule has 2 rings (SSSR count). The summed E-state index contributed by atoms with van der Waals surface area (Å²) in [6.07, 6.45) is 0.906. The third-order valence-electron chi connectivity index (χ3n) is 2.58. The number of nitrogens with two attached hydrogens (primary N) is 1. The van der Waals surface area contributed by atoms with E-state index >= 15 is 0 Å². The lowest BCUT2D eigenvalue weighted by atomic mass is 10.2. The van der Waals surface area contributed by atoms with Gasteiger partial charge in [-0.15, -0.1) is 0 Å². The van der Waals surface area contributed by atoms with Crippen LogP contribution in [0.15, 0.2) is 30.3 Å². The summed E-state index contributed by atoms with van der Waals surface area (Å²) in [5.41, 5.74) is 6.37. The number of hydrogen-bond donors (Lipinski definition) is 1. The topological polar surface area (TPSA) is 44.5 Å². The van der Waals surface area contributed by atoms with Crippen molar-refractivity contribution in [3.05, 3.63) is 45.4 Å². The van der Waals surface area contributed by atoms with Crippen molar-refractivity contribution < 1.29 is 9.47 Å². The Labute approximate surface area is 138 Å². The Kier molecular flexibility index (Phi) is 5.45. The van der Waals surface area contributed by atoms with Gasteiger partial charge in [-0.05, 0) is 12.5 Å². The van der Waals surface area contributed by atoms with Gasteiger partial charge in [-0.2, -0.15) is 0 Å². The summed E-state index contributed by atoms with van der Waals surface area (Å²) in [7, 11) is 0. The first-order valence-electron chi connectivity index (χ1n) is 6.35. The zero-order valence-electron chi connectivity index (χ0n) is 11.3. The van der Waals surface area contributed by atoms with Gasteiger partial charge in [0.05, 0.1) is 21.7 Å². The highest BCUT2D eigenvalue weighted by Gasteiger charge is 2.09. The molecule has 6 heteroatoms. The van der Waals surface area contributed by atoms with E-state index in [0.29, 0.717) is 44.6 Å². The Morgan fingerprint density at radius 1 is 0.905 bits per heavy atom. The number of rotatable bonds is 5. The quantitative estimate of drug-likeness (QED) is 0.549. The first kappa shape index (κ1) is 16.1. The summed E-state index contributed by atoms with van der Waals surface area (Å²) in [6, 6.07) is 8.24. The van der Waals surface area contributed by atoms with Crippen molar-refractivity contribution in [2.24, 2.45) is 0 Å². The molecule has 2 aromatic carbocycles. The maximum absolute atomic E-state index is 6.08. The normalized spacial score (nSPS) is 10.5. The van der Waals surface area contributed by atoms with Crippen LogP contribution in [-0.2, 0) is 0 Å². The minimum absolute atomic E-state index is 0.363. The number of hydrogen-bond acceptors (Lipinski definition) is 3. The fourth-order valence-electron chi connectivity index (χ4n) is 1.67. The predicted molar refractivity (Wildman–Crippen MR) is 88.2 cm³/mol. The van der Waals surface area contributed by atoms with Gasteiger partial charge in [-0.1, -0.05) is 41.7 Å². The molecule has 0 spiro atoms. The Morgan fingerprint density at radius 3 is 2.29 bits per heavy atom. The van der Waals surface area contributed by atoms with Crippen LogP contribution in [0.2, 0.25) is 15.1 Å². The number of anilines is 1. The number of ether oxygens (including phenoxy) is 2. The molecule has 0 radical (unpaired) electrons. The Hall–Kier alpha value is -1.29. The zero-order chi connectivity index (χ0) is 15.4. The van der Waals surface area contributed by atoms with E-state index in [1.165, 1.54) is 6.07 Å². The van der Waals surface area contributed by atoms with E-state index in [1.807, 2.05) is 6.92 Å². The minimum Gasteiger partial charge on any atom is -0.493 e. The fraction of sp³-hybridized carbons (Fsp3) is 0.200. The molecule has 0 atom stereocenters. The molecule has 0 fully saturated rings. The molecule has 21 heavy (non-hydrogen) atoms. The van der Waals surface area contributed by atoms with Crippen LogP contribution in [-0.4, -0.2) is 6.61 Å². The second-order valence-electron chi connectivity index (χ2n) is 4.39. The number of halogens is 3. The third kappa shape index (κ3) is 4.34. The van der Waals surface area contributed by atoms with Gasteiger partial charge in [-0.25, -0.2) is 0 Å². The van der Waals surface area contributed by atoms with Crippen LogP contribution in [0.25, 0.3) is 0 Å². The highest BCUT2D eigenvalue weighted by atomic mass is 35.5. The molecule has 0 saturated carbocycles. The summed E-state index contributed by atoms with van der Waals surface area (Å²) >= 11 is 17.9. The van der Waals surface area contributed by atoms with E-state index < -0.39 is 0 Å². The van der Waals surface area contributed by atoms with Crippen LogP contribution in [0, 0.1) is 0 Å². The van der Waals surface area contributed by atoms with Crippen LogP contribution in [0.4, 0.5) is 5.69 Å². The van der Waals surface area contributed by atoms with Gasteiger partial charge in [0.25, 0.3) is 0 Å².